The third-order valence-electron chi connectivity index (χ3n) is 6.71. The maximum Gasteiger partial charge on any atom is 0.376 e. The Morgan fingerprint density at radius 3 is 2.37 bits per heavy atom. The minimum atomic E-state index is -1.26. The van der Waals surface area contributed by atoms with Crippen molar-refractivity contribution < 1.29 is 14.3 Å². The number of carbonyl (C=O) groups excluding carboxylic acids is 2. The van der Waals surface area contributed by atoms with Crippen molar-refractivity contribution in [3.8, 4) is 0 Å². The van der Waals surface area contributed by atoms with Crippen LogP contribution in [0.1, 0.15) is 30.0 Å². The Hall–Kier alpha value is -4.13. The van der Waals surface area contributed by atoms with E-state index in [1.807, 2.05) is 97.6 Å². The first kappa shape index (κ1) is 22.7. The molecule has 35 heavy (non-hydrogen) atoms. The normalized spacial score (nSPS) is 19.1. The molecule has 0 radical (unpaired) electrons. The van der Waals surface area contributed by atoms with Crippen LogP contribution in [0.25, 0.3) is 0 Å². The summed E-state index contributed by atoms with van der Waals surface area (Å²) in [6.45, 7) is 4.82. The van der Waals surface area contributed by atoms with Crippen LogP contribution < -0.4 is 9.91 Å². The summed E-state index contributed by atoms with van der Waals surface area (Å²) in [5.74, 6) is -0.614. The fraction of sp³-hybridized carbons (Fsp3) is 0.250. The second-order valence-electron chi connectivity index (χ2n) is 8.84. The van der Waals surface area contributed by atoms with Crippen molar-refractivity contribution in [2.24, 2.45) is 5.10 Å². The molecular formula is C28H28N4O3. The highest BCUT2D eigenvalue weighted by Gasteiger charge is 2.59. The molecule has 1 amide bonds. The molecule has 5 rings (SSSR count). The van der Waals surface area contributed by atoms with Crippen molar-refractivity contribution in [2.75, 3.05) is 17.0 Å². The maximum absolute atomic E-state index is 14.6. The van der Waals surface area contributed by atoms with Crippen LogP contribution >= 0.6 is 0 Å². The van der Waals surface area contributed by atoms with E-state index >= 15 is 0 Å². The molecule has 2 aliphatic heterocycles. The minimum absolute atomic E-state index is 0.0947. The molecule has 3 aromatic carbocycles. The monoisotopic (exact) mass is 468 g/mol. The smallest absolute Gasteiger partial charge is 0.376 e. The molecule has 0 spiro atoms. The van der Waals surface area contributed by atoms with Gasteiger partial charge in [-0.3, -0.25) is 9.69 Å². The number of amides is 1. The molecule has 7 heteroatoms. The van der Waals surface area contributed by atoms with Crippen LogP contribution in [0.5, 0.6) is 0 Å². The zero-order valence-corrected chi connectivity index (χ0v) is 20.1. The van der Waals surface area contributed by atoms with Crippen LogP contribution in [0.3, 0.4) is 0 Å². The fourth-order valence-corrected chi connectivity index (χ4v) is 4.96. The summed E-state index contributed by atoms with van der Waals surface area (Å²) >= 11 is 0. The van der Waals surface area contributed by atoms with Gasteiger partial charge in [0.25, 0.3) is 5.91 Å². The summed E-state index contributed by atoms with van der Waals surface area (Å²) in [6, 6.07) is 25.6. The van der Waals surface area contributed by atoms with Crippen molar-refractivity contribution in [1.29, 1.82) is 0 Å². The van der Waals surface area contributed by atoms with Crippen LogP contribution in [-0.4, -0.2) is 35.4 Å². The lowest BCUT2D eigenvalue weighted by Crippen LogP contribution is -2.65. The van der Waals surface area contributed by atoms with Gasteiger partial charge < -0.3 is 9.64 Å². The molecular weight excluding hydrogens is 440 g/mol. The molecule has 0 fully saturated rings. The first-order chi connectivity index (χ1) is 17.0. The number of hydrogen-bond donors (Lipinski definition) is 0. The summed E-state index contributed by atoms with van der Waals surface area (Å²) in [6.07, 6.45) is 0.392. The van der Waals surface area contributed by atoms with Crippen LogP contribution in [0.2, 0.25) is 0 Å². The van der Waals surface area contributed by atoms with E-state index in [2.05, 4.69) is 0 Å². The highest BCUT2D eigenvalue weighted by Crippen LogP contribution is 2.44. The second kappa shape index (κ2) is 8.91. The van der Waals surface area contributed by atoms with Crippen molar-refractivity contribution >= 4 is 29.1 Å². The van der Waals surface area contributed by atoms with Gasteiger partial charge in [0.2, 0.25) is 11.5 Å². The SMILES string of the molecule is CCC12C(=O)N(Cc3ccccc3)Cc3ccccc3N1C(C(=O)OC)=NN2c1ccc(C)cc1. The highest BCUT2D eigenvalue weighted by molar-refractivity contribution is 6.43. The van der Waals surface area contributed by atoms with E-state index in [1.165, 1.54) is 7.11 Å². The lowest BCUT2D eigenvalue weighted by Gasteiger charge is -2.42. The highest BCUT2D eigenvalue weighted by atomic mass is 16.5. The van der Waals surface area contributed by atoms with Gasteiger partial charge in [0.1, 0.15) is 0 Å². The predicted octanol–water partition coefficient (Wildman–Crippen LogP) is 4.46. The molecule has 1 unspecified atom stereocenters. The van der Waals surface area contributed by atoms with Crippen LogP contribution in [0, 0.1) is 6.92 Å². The Morgan fingerprint density at radius 1 is 1.00 bits per heavy atom. The molecule has 0 N–H and O–H groups in total. The van der Waals surface area contributed by atoms with E-state index in [0.717, 1.165) is 28.1 Å². The summed E-state index contributed by atoms with van der Waals surface area (Å²) in [5.41, 5.74) is 3.31. The van der Waals surface area contributed by atoms with Gasteiger partial charge in [-0.25, -0.2) is 9.80 Å². The number of aryl methyl sites for hydroxylation is 1. The van der Waals surface area contributed by atoms with E-state index in [-0.39, 0.29) is 11.7 Å². The predicted molar refractivity (Wildman–Crippen MR) is 136 cm³/mol. The number of carbonyl (C=O) groups is 2. The second-order valence-corrected chi connectivity index (χ2v) is 8.84. The van der Waals surface area contributed by atoms with Crippen LogP contribution in [-0.2, 0) is 27.4 Å². The average molecular weight is 469 g/mol. The van der Waals surface area contributed by atoms with Crippen LogP contribution in [0.4, 0.5) is 11.4 Å². The summed E-state index contributed by atoms with van der Waals surface area (Å²) < 4.78 is 5.13. The number of hydrazone groups is 1. The molecule has 0 saturated carbocycles. The Labute approximate surface area is 205 Å². The number of esters is 1. The molecule has 178 valence electrons. The number of methoxy groups -OCH3 is 1. The van der Waals surface area contributed by atoms with Crippen molar-refractivity contribution in [3.63, 3.8) is 0 Å². The summed E-state index contributed by atoms with van der Waals surface area (Å²) in [5, 5.41) is 6.43. The first-order valence-electron chi connectivity index (χ1n) is 11.7. The summed E-state index contributed by atoms with van der Waals surface area (Å²) in [4.78, 5) is 31.2. The number of benzene rings is 3. The first-order valence-corrected chi connectivity index (χ1v) is 11.7. The molecule has 7 nitrogen and oxygen atoms in total. The zero-order valence-electron chi connectivity index (χ0n) is 20.1. The number of rotatable bonds is 5. The van der Waals surface area contributed by atoms with E-state index in [1.54, 1.807) is 9.91 Å². The van der Waals surface area contributed by atoms with Crippen molar-refractivity contribution in [3.05, 3.63) is 95.6 Å². The van der Waals surface area contributed by atoms with Gasteiger partial charge in [-0.2, -0.15) is 0 Å². The van der Waals surface area contributed by atoms with E-state index in [0.29, 0.717) is 19.5 Å². The largest absolute Gasteiger partial charge is 0.463 e. The Kier molecular flexibility index (Phi) is 5.76. The van der Waals surface area contributed by atoms with Gasteiger partial charge in [-0.1, -0.05) is 73.2 Å². The Balaban J connectivity index is 1.73. The summed E-state index contributed by atoms with van der Waals surface area (Å²) in [7, 11) is 1.33. The lowest BCUT2D eigenvalue weighted by molar-refractivity contribution is -0.137. The molecule has 0 aliphatic carbocycles. The molecule has 2 aliphatic rings. The quantitative estimate of drug-likeness (QED) is 0.518. The van der Waals surface area contributed by atoms with E-state index in [4.69, 9.17) is 9.84 Å². The molecule has 2 heterocycles. The topological polar surface area (TPSA) is 65.5 Å². The third-order valence-corrected chi connectivity index (χ3v) is 6.71. The molecule has 0 aromatic heterocycles. The number of ether oxygens (including phenoxy) is 1. The minimum Gasteiger partial charge on any atom is -0.463 e. The number of amidine groups is 1. The van der Waals surface area contributed by atoms with Gasteiger partial charge in [0.05, 0.1) is 18.5 Å². The number of nitrogens with zero attached hydrogens (tertiary/aromatic N) is 4. The number of anilines is 2. The molecule has 1 atom stereocenters. The maximum atomic E-state index is 14.6. The van der Waals surface area contributed by atoms with Gasteiger partial charge in [0.15, 0.2) is 0 Å². The Morgan fingerprint density at radius 2 is 1.69 bits per heavy atom. The molecule has 3 aromatic rings. The van der Waals surface area contributed by atoms with Gasteiger partial charge >= 0.3 is 5.97 Å². The van der Waals surface area contributed by atoms with Gasteiger partial charge in [-0.05, 0) is 42.7 Å². The lowest BCUT2D eigenvalue weighted by atomic mass is 10.00. The third kappa shape index (κ3) is 3.64. The molecule has 0 bridgehead atoms. The van der Waals surface area contributed by atoms with Crippen LogP contribution in [0.15, 0.2) is 84.0 Å². The average Bonchev–Trinajstić information content (AvgIpc) is 3.20. The van der Waals surface area contributed by atoms with Crippen molar-refractivity contribution in [1.82, 2.24) is 4.90 Å². The van der Waals surface area contributed by atoms with Crippen molar-refractivity contribution in [2.45, 2.75) is 39.0 Å². The van der Waals surface area contributed by atoms with E-state index in [9.17, 15) is 9.59 Å². The number of hydrogen-bond acceptors (Lipinski definition) is 6. The van der Waals surface area contributed by atoms with Gasteiger partial charge in [-0.15, -0.1) is 5.10 Å². The fourth-order valence-electron chi connectivity index (χ4n) is 4.96. The zero-order chi connectivity index (χ0) is 24.6. The van der Waals surface area contributed by atoms with Gasteiger partial charge in [0, 0.05) is 13.1 Å². The number of fused-ring (bicyclic) bond motifs is 3. The number of para-hydroxylation sites is 1. The van der Waals surface area contributed by atoms with E-state index < -0.39 is 11.6 Å². The standard InChI is InChI=1S/C28H28N4O3/c1-4-28-27(34)30(18-21-10-6-5-7-11-21)19-22-12-8-9-13-24(22)31(28)25(26(33)35-3)29-32(28)23-16-14-20(2)15-17-23/h5-17H,4,18-19H2,1-3H3. The molecule has 0 saturated heterocycles. The Bertz CT molecular complexity index is 1290.